The van der Waals surface area contributed by atoms with Gasteiger partial charge in [0.2, 0.25) is 15.9 Å². The third kappa shape index (κ3) is 7.46. The number of carbonyl (C=O) groups excluding carboxylic acids is 2. The quantitative estimate of drug-likeness (QED) is 0.143. The summed E-state index contributed by atoms with van der Waals surface area (Å²) in [6.07, 6.45) is 1.19. The molecule has 2 atom stereocenters. The monoisotopic (exact) mass is 598 g/mol. The van der Waals surface area contributed by atoms with E-state index in [9.17, 15) is 18.0 Å². The van der Waals surface area contributed by atoms with Crippen LogP contribution in [-0.4, -0.2) is 50.2 Å². The van der Waals surface area contributed by atoms with Crippen LogP contribution in [0, 0.1) is 11.3 Å². The molecule has 0 saturated carbocycles. The summed E-state index contributed by atoms with van der Waals surface area (Å²) in [6, 6.07) is 27.3. The number of benzene rings is 4. The van der Waals surface area contributed by atoms with E-state index in [-0.39, 0.29) is 36.3 Å². The number of nitrogens with zero attached hydrogens (tertiary/aromatic N) is 1. The molecule has 0 bridgehead atoms. The Hall–Kier alpha value is -4.54. The van der Waals surface area contributed by atoms with E-state index in [1.807, 2.05) is 54.6 Å². The lowest BCUT2D eigenvalue weighted by atomic mass is 9.96. The summed E-state index contributed by atoms with van der Waals surface area (Å²) in [5.74, 6) is -1.46. The number of hydrogen-bond donors (Lipinski definition) is 3. The molecule has 4 N–H and O–H groups in total. The van der Waals surface area contributed by atoms with Gasteiger partial charge in [-0.25, -0.2) is 8.42 Å². The Morgan fingerprint density at radius 3 is 2.42 bits per heavy atom. The van der Waals surface area contributed by atoms with Crippen LogP contribution >= 0.6 is 0 Å². The lowest BCUT2D eigenvalue weighted by Crippen LogP contribution is -2.53. The fraction of sp³-hybridized carbons (Fsp3) is 0.242. The van der Waals surface area contributed by atoms with Crippen molar-refractivity contribution in [3.8, 4) is 0 Å². The summed E-state index contributed by atoms with van der Waals surface area (Å²) in [4.78, 5) is 28.5. The van der Waals surface area contributed by atoms with Crippen molar-refractivity contribution >= 4 is 38.5 Å². The fourth-order valence-electron chi connectivity index (χ4n) is 5.31. The maximum atomic E-state index is 14.0. The summed E-state index contributed by atoms with van der Waals surface area (Å²) in [7, 11) is -4.11. The number of nitrogens with two attached hydrogens (primary N) is 1. The first-order chi connectivity index (χ1) is 20.7. The van der Waals surface area contributed by atoms with E-state index in [1.165, 1.54) is 6.07 Å². The average Bonchev–Trinajstić information content (AvgIpc) is 3.03. The van der Waals surface area contributed by atoms with Gasteiger partial charge in [0.1, 0.15) is 18.5 Å². The van der Waals surface area contributed by atoms with Crippen molar-refractivity contribution < 1.29 is 22.7 Å². The number of fused-ring (bicyclic) bond motifs is 1. The van der Waals surface area contributed by atoms with E-state index < -0.39 is 27.9 Å². The number of carbonyl (C=O) groups is 2. The zero-order valence-corrected chi connectivity index (χ0v) is 24.4. The van der Waals surface area contributed by atoms with Gasteiger partial charge in [0.15, 0.2) is 0 Å². The van der Waals surface area contributed by atoms with Crippen LogP contribution in [0.2, 0.25) is 0 Å². The van der Waals surface area contributed by atoms with E-state index in [2.05, 4.69) is 4.72 Å². The second-order valence-corrected chi connectivity index (χ2v) is 12.4. The maximum Gasteiger partial charge on any atom is 0.311 e. The summed E-state index contributed by atoms with van der Waals surface area (Å²) >= 11 is 0. The number of rotatable bonds is 10. The summed E-state index contributed by atoms with van der Waals surface area (Å²) in [6.45, 7) is 0.669. The smallest absolute Gasteiger partial charge is 0.311 e. The van der Waals surface area contributed by atoms with Crippen LogP contribution < -0.4 is 10.5 Å². The van der Waals surface area contributed by atoms with Crippen LogP contribution in [-0.2, 0) is 37.4 Å². The van der Waals surface area contributed by atoms with Crippen molar-refractivity contribution in [1.82, 2.24) is 9.62 Å². The minimum Gasteiger partial charge on any atom is -0.461 e. The second-order valence-electron chi connectivity index (χ2n) is 10.7. The van der Waals surface area contributed by atoms with Crippen LogP contribution in [0.1, 0.15) is 29.5 Å². The third-order valence-electron chi connectivity index (χ3n) is 7.59. The summed E-state index contributed by atoms with van der Waals surface area (Å²) < 4.78 is 35.4. The highest BCUT2D eigenvalue weighted by Gasteiger charge is 2.35. The lowest BCUT2D eigenvalue weighted by Gasteiger charge is -2.34. The van der Waals surface area contributed by atoms with Gasteiger partial charge in [0.05, 0.1) is 10.8 Å². The Morgan fingerprint density at radius 2 is 1.65 bits per heavy atom. The van der Waals surface area contributed by atoms with E-state index in [4.69, 9.17) is 15.9 Å². The van der Waals surface area contributed by atoms with Crippen molar-refractivity contribution in [3.05, 3.63) is 114 Å². The Kier molecular flexibility index (Phi) is 9.18. The van der Waals surface area contributed by atoms with E-state index in [0.717, 1.165) is 16.3 Å². The molecule has 4 aromatic carbocycles. The first kappa shape index (κ1) is 29.9. The molecule has 1 saturated heterocycles. The molecule has 4 aromatic rings. The number of amides is 1. The molecule has 1 heterocycles. The van der Waals surface area contributed by atoms with Crippen molar-refractivity contribution in [1.29, 1.82) is 5.41 Å². The number of nitrogen functional groups attached to an aromatic ring is 1. The molecule has 1 aliphatic heterocycles. The van der Waals surface area contributed by atoms with E-state index in [1.54, 1.807) is 41.3 Å². The normalized spacial score (nSPS) is 16.0. The van der Waals surface area contributed by atoms with Crippen LogP contribution in [0.15, 0.2) is 102 Å². The van der Waals surface area contributed by atoms with Gasteiger partial charge in [-0.3, -0.25) is 15.0 Å². The van der Waals surface area contributed by atoms with Gasteiger partial charge < -0.3 is 15.4 Å². The SMILES string of the molecule is N=C(N)c1cccc(C[C@H](NS(=O)(=O)c2ccc3ccccc3c2)C(=O)N2CCC[C@H](C(=O)OCc3ccccc3)C2)c1. The number of nitrogens with one attached hydrogen (secondary N) is 2. The fourth-order valence-corrected chi connectivity index (χ4v) is 6.53. The second kappa shape index (κ2) is 13.2. The Bertz CT molecular complexity index is 1740. The number of hydrogen-bond acceptors (Lipinski definition) is 6. The molecule has 0 radical (unpaired) electrons. The van der Waals surface area contributed by atoms with Crippen LogP contribution in [0.25, 0.3) is 10.8 Å². The maximum absolute atomic E-state index is 14.0. The summed E-state index contributed by atoms with van der Waals surface area (Å²) in [5, 5.41) is 9.44. The predicted molar refractivity (Wildman–Crippen MR) is 165 cm³/mol. The predicted octanol–water partition coefficient (Wildman–Crippen LogP) is 4.00. The Balaban J connectivity index is 1.37. The van der Waals surface area contributed by atoms with Gasteiger partial charge in [-0.2, -0.15) is 4.72 Å². The van der Waals surface area contributed by atoms with Crippen molar-refractivity contribution in [2.75, 3.05) is 13.1 Å². The van der Waals surface area contributed by atoms with E-state index in [0.29, 0.717) is 30.5 Å². The molecule has 0 aliphatic carbocycles. The average molecular weight is 599 g/mol. The zero-order valence-electron chi connectivity index (χ0n) is 23.6. The Morgan fingerprint density at radius 1 is 0.930 bits per heavy atom. The molecule has 43 heavy (non-hydrogen) atoms. The molecule has 9 nitrogen and oxygen atoms in total. The first-order valence-corrected chi connectivity index (χ1v) is 15.6. The van der Waals surface area contributed by atoms with Crippen LogP contribution in [0.3, 0.4) is 0 Å². The topological polar surface area (TPSA) is 143 Å². The van der Waals surface area contributed by atoms with Crippen molar-refractivity contribution in [2.45, 2.75) is 36.8 Å². The van der Waals surface area contributed by atoms with Gasteiger partial charge in [-0.05, 0) is 59.4 Å². The summed E-state index contributed by atoms with van der Waals surface area (Å²) in [5.41, 5.74) is 7.66. The highest BCUT2D eigenvalue weighted by atomic mass is 32.2. The lowest BCUT2D eigenvalue weighted by molar-refractivity contribution is -0.153. The number of esters is 1. The number of likely N-dealkylation sites (tertiary alicyclic amines) is 1. The van der Waals surface area contributed by atoms with Gasteiger partial charge in [0, 0.05) is 18.7 Å². The highest BCUT2D eigenvalue weighted by Crippen LogP contribution is 2.23. The largest absolute Gasteiger partial charge is 0.461 e. The van der Waals surface area contributed by atoms with Crippen LogP contribution in [0.4, 0.5) is 0 Å². The van der Waals surface area contributed by atoms with E-state index >= 15 is 0 Å². The zero-order chi connectivity index (χ0) is 30.4. The molecule has 222 valence electrons. The molecule has 1 fully saturated rings. The Labute approximate surface area is 251 Å². The third-order valence-corrected chi connectivity index (χ3v) is 9.06. The first-order valence-electron chi connectivity index (χ1n) is 14.1. The molecule has 0 unspecified atom stereocenters. The molecule has 1 amide bonds. The minimum absolute atomic E-state index is 0.0341. The van der Waals surface area contributed by atoms with Gasteiger partial charge in [-0.1, -0.05) is 78.9 Å². The number of piperidine rings is 1. The highest BCUT2D eigenvalue weighted by molar-refractivity contribution is 7.89. The molecular formula is C33H34N4O5S. The van der Waals surface area contributed by atoms with Gasteiger partial charge in [0.25, 0.3) is 0 Å². The van der Waals surface area contributed by atoms with Crippen LogP contribution in [0.5, 0.6) is 0 Å². The molecule has 0 aromatic heterocycles. The molecular weight excluding hydrogens is 564 g/mol. The van der Waals surface area contributed by atoms with Crippen molar-refractivity contribution in [3.63, 3.8) is 0 Å². The molecule has 1 aliphatic rings. The molecule has 5 rings (SSSR count). The van der Waals surface area contributed by atoms with Gasteiger partial charge >= 0.3 is 5.97 Å². The number of sulfonamides is 1. The van der Waals surface area contributed by atoms with Gasteiger partial charge in [-0.15, -0.1) is 0 Å². The molecule has 10 heteroatoms. The standard InChI is InChI=1S/C33H34N4O5S/c34-31(35)27-13-6-10-24(18-27)19-30(36-43(40,41)29-16-15-25-11-4-5-12-26(25)20-29)32(38)37-17-7-14-28(21-37)33(39)42-22-23-8-2-1-3-9-23/h1-6,8-13,15-16,18,20,28,30,36H,7,14,17,19,21-22H2,(H3,34,35)/t28-,30-/m0/s1. The molecule has 0 spiro atoms. The number of amidine groups is 1. The minimum atomic E-state index is -4.11. The number of ether oxygens (including phenoxy) is 1. The van der Waals surface area contributed by atoms with Crippen molar-refractivity contribution in [2.24, 2.45) is 11.7 Å².